The van der Waals surface area contributed by atoms with E-state index in [9.17, 15) is 0 Å². The van der Waals surface area contributed by atoms with Crippen LogP contribution in [0.5, 0.6) is 0 Å². The standard InChI is InChI=1S/C40H66O7Si4/c1-41-49(42-2,37-25-13-7-14-26-37)34-22-10-19-31-40(47-48,32-20-11-23-35-50(43-3,44-4)38-27-15-8-16-28-38)33-21-12-24-36-51(45-5,46-6)39-29-17-9-18-30-39/h7-9,13-18,25-30H,10-12,19-24,31-36H2,1-6,48H3. The van der Waals surface area contributed by atoms with Gasteiger partial charge in [-0.05, 0) is 53.0 Å². The number of benzene rings is 3. The summed E-state index contributed by atoms with van der Waals surface area (Å²) in [5.41, 5.74) is -0.0738. The first-order valence-corrected chi connectivity index (χ1v) is 25.8. The first-order valence-electron chi connectivity index (χ1n) is 18.9. The Morgan fingerprint density at radius 3 is 0.863 bits per heavy atom. The van der Waals surface area contributed by atoms with Crippen molar-refractivity contribution in [3.63, 3.8) is 0 Å². The Morgan fingerprint density at radius 2 is 0.647 bits per heavy atom. The summed E-state index contributed by atoms with van der Waals surface area (Å²) < 4.78 is 43.2. The third kappa shape index (κ3) is 12.4. The molecule has 51 heavy (non-hydrogen) atoms. The molecular formula is C40H66O7Si4. The fourth-order valence-corrected chi connectivity index (χ4v) is 16.6. The smallest absolute Gasteiger partial charge is 0.371 e. The summed E-state index contributed by atoms with van der Waals surface area (Å²) in [5, 5.41) is 3.61. The molecule has 0 spiro atoms. The minimum Gasteiger partial charge on any atom is -0.422 e. The lowest BCUT2D eigenvalue weighted by atomic mass is 9.85. The minimum atomic E-state index is -2.44. The van der Waals surface area contributed by atoms with Gasteiger partial charge < -0.3 is 31.0 Å². The molecule has 284 valence electrons. The van der Waals surface area contributed by atoms with Gasteiger partial charge in [-0.1, -0.05) is 149 Å². The van der Waals surface area contributed by atoms with E-state index in [-0.39, 0.29) is 5.60 Å². The molecule has 11 heteroatoms. The quantitative estimate of drug-likeness (QED) is 0.0607. The lowest BCUT2D eigenvalue weighted by molar-refractivity contribution is 0.0426. The van der Waals surface area contributed by atoms with Crippen LogP contribution in [0.1, 0.15) is 77.0 Å². The van der Waals surface area contributed by atoms with E-state index in [1.165, 1.54) is 15.6 Å². The molecule has 0 aliphatic rings. The molecule has 0 atom stereocenters. The maximum Gasteiger partial charge on any atom is 0.371 e. The average Bonchev–Trinajstić information content (AvgIpc) is 3.20. The molecule has 0 fully saturated rings. The van der Waals surface area contributed by atoms with Crippen LogP contribution < -0.4 is 15.6 Å². The first-order chi connectivity index (χ1) is 24.9. The number of unbranched alkanes of at least 4 members (excludes halogenated alkanes) is 6. The Labute approximate surface area is 316 Å². The average molecular weight is 771 g/mol. The van der Waals surface area contributed by atoms with E-state index in [4.69, 9.17) is 31.0 Å². The van der Waals surface area contributed by atoms with Crippen molar-refractivity contribution in [2.24, 2.45) is 0 Å². The summed E-state index contributed by atoms with van der Waals surface area (Å²) in [6, 6.07) is 34.4. The lowest BCUT2D eigenvalue weighted by Crippen LogP contribution is -2.52. The topological polar surface area (TPSA) is 64.6 Å². The molecule has 0 aliphatic heterocycles. The molecule has 7 nitrogen and oxygen atoms in total. The second-order valence-corrected chi connectivity index (χ2v) is 24.3. The number of hydrogen-bond donors (Lipinski definition) is 0. The van der Waals surface area contributed by atoms with Crippen molar-refractivity contribution in [3.05, 3.63) is 91.0 Å². The van der Waals surface area contributed by atoms with Crippen molar-refractivity contribution >= 4 is 51.7 Å². The fraction of sp³-hybridized carbons (Fsp3) is 0.550. The maximum atomic E-state index is 6.63. The van der Waals surface area contributed by atoms with Gasteiger partial charge in [-0.2, -0.15) is 0 Å². The molecule has 0 heterocycles. The fourth-order valence-electron chi connectivity index (χ4n) is 7.70. The van der Waals surface area contributed by atoms with E-state index in [2.05, 4.69) is 91.0 Å². The first kappa shape index (κ1) is 43.7. The molecule has 0 unspecified atom stereocenters. The van der Waals surface area contributed by atoms with Crippen molar-refractivity contribution in [3.8, 4) is 0 Å². The van der Waals surface area contributed by atoms with Gasteiger partial charge in [0, 0.05) is 42.7 Å². The lowest BCUT2D eigenvalue weighted by Gasteiger charge is -2.35. The van der Waals surface area contributed by atoms with Crippen LogP contribution in [0.15, 0.2) is 91.0 Å². The van der Waals surface area contributed by atoms with Gasteiger partial charge in [-0.25, -0.2) is 0 Å². The van der Waals surface area contributed by atoms with Crippen LogP contribution in [-0.4, -0.2) is 84.4 Å². The van der Waals surface area contributed by atoms with Crippen molar-refractivity contribution < 1.29 is 31.0 Å². The van der Waals surface area contributed by atoms with Crippen molar-refractivity contribution in [2.75, 3.05) is 42.7 Å². The Hall–Kier alpha value is -1.75. The Morgan fingerprint density at radius 1 is 0.392 bits per heavy atom. The zero-order valence-electron chi connectivity index (χ0n) is 32.6. The highest BCUT2D eigenvalue weighted by molar-refractivity contribution is 6.82. The van der Waals surface area contributed by atoms with Gasteiger partial charge >= 0.3 is 25.7 Å². The van der Waals surface area contributed by atoms with Crippen molar-refractivity contribution in [1.29, 1.82) is 0 Å². The zero-order chi connectivity index (χ0) is 36.9. The summed E-state index contributed by atoms with van der Waals surface area (Å²) in [7, 11) is 4.26. The number of hydrogen-bond acceptors (Lipinski definition) is 7. The highest BCUT2D eigenvalue weighted by atomic mass is 28.4. The minimum absolute atomic E-state index is 0.0738. The molecule has 0 bridgehead atoms. The van der Waals surface area contributed by atoms with E-state index in [0.29, 0.717) is 0 Å². The van der Waals surface area contributed by atoms with Crippen LogP contribution in [-0.2, 0) is 31.0 Å². The Balaban J connectivity index is 1.60. The van der Waals surface area contributed by atoms with Gasteiger partial charge in [0.05, 0.1) is 5.60 Å². The molecule has 0 saturated heterocycles. The molecule has 0 N–H and O–H groups in total. The molecule has 0 saturated carbocycles. The normalized spacial score (nSPS) is 12.8. The molecule has 0 aliphatic carbocycles. The molecule has 3 aromatic rings. The van der Waals surface area contributed by atoms with Gasteiger partial charge in [-0.15, -0.1) is 0 Å². The molecule has 3 rings (SSSR count). The monoisotopic (exact) mass is 770 g/mol. The largest absolute Gasteiger partial charge is 0.422 e. The van der Waals surface area contributed by atoms with Crippen LogP contribution in [0, 0.1) is 0 Å². The molecule has 0 amide bonds. The molecule has 0 aromatic heterocycles. The predicted octanol–water partition coefficient (Wildman–Crippen LogP) is 6.63. The van der Waals surface area contributed by atoms with Gasteiger partial charge in [0.15, 0.2) is 0 Å². The van der Waals surface area contributed by atoms with Crippen LogP contribution in [0.3, 0.4) is 0 Å². The van der Waals surface area contributed by atoms with E-state index in [1.54, 1.807) is 42.7 Å². The van der Waals surface area contributed by atoms with E-state index in [0.717, 1.165) is 106 Å². The predicted molar refractivity (Wildman–Crippen MR) is 221 cm³/mol. The summed E-state index contributed by atoms with van der Waals surface area (Å²) in [6.07, 6.45) is 13.4. The Kier molecular flexibility index (Phi) is 19.8. The van der Waals surface area contributed by atoms with Crippen LogP contribution in [0.2, 0.25) is 18.1 Å². The second kappa shape index (κ2) is 23.1. The second-order valence-electron chi connectivity index (χ2n) is 13.7. The van der Waals surface area contributed by atoms with Gasteiger partial charge in [0.25, 0.3) is 0 Å². The van der Waals surface area contributed by atoms with E-state index >= 15 is 0 Å². The van der Waals surface area contributed by atoms with E-state index in [1.807, 2.05) is 0 Å². The van der Waals surface area contributed by atoms with Crippen molar-refractivity contribution in [1.82, 2.24) is 0 Å². The summed E-state index contributed by atoms with van der Waals surface area (Å²) in [4.78, 5) is 0. The maximum absolute atomic E-state index is 6.63. The third-order valence-corrected chi connectivity index (χ3v) is 22.5. The number of rotatable bonds is 28. The SMILES string of the molecule is CO[Si](CCCCCC(CCCCC[Si](OC)(OC)c1ccccc1)(CCCCC[Si](OC)(OC)c1ccccc1)O[SiH3])(OC)c1ccccc1. The summed E-state index contributed by atoms with van der Waals surface area (Å²) in [5.74, 6) is 0. The highest BCUT2D eigenvalue weighted by Crippen LogP contribution is 2.33. The van der Waals surface area contributed by atoms with Gasteiger partial charge in [-0.3, -0.25) is 0 Å². The van der Waals surface area contributed by atoms with Crippen molar-refractivity contribution in [2.45, 2.75) is 101 Å². The van der Waals surface area contributed by atoms with E-state index < -0.39 is 25.7 Å². The highest BCUT2D eigenvalue weighted by Gasteiger charge is 2.39. The third-order valence-electron chi connectivity index (χ3n) is 11.0. The van der Waals surface area contributed by atoms with Crippen LogP contribution >= 0.6 is 0 Å². The zero-order valence-corrected chi connectivity index (χ0v) is 37.6. The molecule has 0 radical (unpaired) electrons. The van der Waals surface area contributed by atoms with Gasteiger partial charge in [0.1, 0.15) is 10.5 Å². The summed E-state index contributed by atoms with van der Waals surface area (Å²) in [6.45, 7) is 0. The Bertz CT molecular complexity index is 1150. The molecule has 3 aromatic carbocycles. The van der Waals surface area contributed by atoms with Crippen LogP contribution in [0.25, 0.3) is 0 Å². The molecular weight excluding hydrogens is 705 g/mol. The van der Waals surface area contributed by atoms with Gasteiger partial charge in [0.2, 0.25) is 0 Å². The van der Waals surface area contributed by atoms with Crippen LogP contribution in [0.4, 0.5) is 0 Å². The summed E-state index contributed by atoms with van der Waals surface area (Å²) >= 11 is 0.